The van der Waals surface area contributed by atoms with Crippen LogP contribution in [0.25, 0.3) is 0 Å². The van der Waals surface area contributed by atoms with Gasteiger partial charge in [-0.25, -0.2) is 0 Å². The standard InChI is InChI=1S/C12H19N5O3/c1-5-7(3)14-11(19)9-15-8(10(18)13-6-2)16-12(17-9)20-4/h7H,5-6H2,1-4H3,(H,13,18)(H,14,19). The van der Waals surface area contributed by atoms with E-state index in [0.717, 1.165) is 6.42 Å². The lowest BCUT2D eigenvalue weighted by atomic mass is 10.2. The molecule has 1 atom stereocenters. The first-order valence-electron chi connectivity index (χ1n) is 6.40. The van der Waals surface area contributed by atoms with Crippen LogP contribution in [0.5, 0.6) is 6.01 Å². The SMILES string of the molecule is CCNC(=O)c1nc(OC)nc(C(=O)NC(C)CC)n1. The Kier molecular flexibility index (Phi) is 5.82. The van der Waals surface area contributed by atoms with E-state index in [1.807, 2.05) is 13.8 Å². The molecule has 20 heavy (non-hydrogen) atoms. The molecule has 110 valence electrons. The van der Waals surface area contributed by atoms with E-state index < -0.39 is 11.8 Å². The predicted molar refractivity (Wildman–Crippen MR) is 71.6 cm³/mol. The van der Waals surface area contributed by atoms with Crippen LogP contribution in [-0.2, 0) is 0 Å². The first-order chi connectivity index (χ1) is 9.51. The van der Waals surface area contributed by atoms with Crippen LogP contribution in [0.2, 0.25) is 0 Å². The second-order valence-corrected chi connectivity index (χ2v) is 4.11. The summed E-state index contributed by atoms with van der Waals surface area (Å²) in [4.78, 5) is 35.2. The maximum Gasteiger partial charge on any atom is 0.320 e. The van der Waals surface area contributed by atoms with Crippen LogP contribution in [0, 0.1) is 0 Å². The molecule has 0 aliphatic rings. The van der Waals surface area contributed by atoms with Gasteiger partial charge < -0.3 is 15.4 Å². The summed E-state index contributed by atoms with van der Waals surface area (Å²) in [5.41, 5.74) is 0. The summed E-state index contributed by atoms with van der Waals surface area (Å²) in [6.07, 6.45) is 0.775. The maximum absolute atomic E-state index is 12.0. The van der Waals surface area contributed by atoms with Crippen molar-refractivity contribution < 1.29 is 14.3 Å². The van der Waals surface area contributed by atoms with Gasteiger partial charge in [0, 0.05) is 12.6 Å². The molecule has 1 aromatic heterocycles. The Morgan fingerprint density at radius 1 is 1.15 bits per heavy atom. The van der Waals surface area contributed by atoms with E-state index in [-0.39, 0.29) is 23.7 Å². The molecule has 1 rings (SSSR count). The van der Waals surface area contributed by atoms with Gasteiger partial charge in [0.25, 0.3) is 11.8 Å². The molecule has 2 amide bonds. The molecule has 8 nitrogen and oxygen atoms in total. The molecular weight excluding hydrogens is 262 g/mol. The quantitative estimate of drug-likeness (QED) is 0.769. The summed E-state index contributed by atoms with van der Waals surface area (Å²) in [6, 6.07) is -0.0891. The third-order valence-electron chi connectivity index (χ3n) is 2.53. The van der Waals surface area contributed by atoms with Crippen molar-refractivity contribution in [2.24, 2.45) is 0 Å². The number of hydrogen-bond acceptors (Lipinski definition) is 6. The highest BCUT2D eigenvalue weighted by Crippen LogP contribution is 2.04. The number of aromatic nitrogens is 3. The van der Waals surface area contributed by atoms with Gasteiger partial charge in [-0.1, -0.05) is 6.92 Å². The molecule has 0 saturated carbocycles. The van der Waals surface area contributed by atoms with Gasteiger partial charge in [-0.15, -0.1) is 0 Å². The van der Waals surface area contributed by atoms with Crippen LogP contribution in [0.1, 0.15) is 48.4 Å². The van der Waals surface area contributed by atoms with Crippen molar-refractivity contribution in [1.29, 1.82) is 0 Å². The van der Waals surface area contributed by atoms with Crippen molar-refractivity contribution in [3.8, 4) is 6.01 Å². The molecule has 0 fully saturated rings. The molecule has 1 heterocycles. The van der Waals surface area contributed by atoms with Crippen LogP contribution in [0.4, 0.5) is 0 Å². The van der Waals surface area contributed by atoms with Gasteiger partial charge in [0.2, 0.25) is 11.6 Å². The lowest BCUT2D eigenvalue weighted by Gasteiger charge is -2.11. The summed E-state index contributed by atoms with van der Waals surface area (Å²) in [5, 5.41) is 5.27. The number of methoxy groups -OCH3 is 1. The predicted octanol–water partition coefficient (Wildman–Crippen LogP) is 0.158. The molecule has 1 unspecified atom stereocenters. The van der Waals surface area contributed by atoms with Gasteiger partial charge in [0.15, 0.2) is 0 Å². The van der Waals surface area contributed by atoms with Crippen molar-refractivity contribution >= 4 is 11.8 Å². The Labute approximate surface area is 117 Å². The molecule has 0 saturated heterocycles. The second-order valence-electron chi connectivity index (χ2n) is 4.11. The minimum atomic E-state index is -0.481. The van der Waals surface area contributed by atoms with Crippen LogP contribution < -0.4 is 15.4 Å². The van der Waals surface area contributed by atoms with Gasteiger partial charge in [-0.3, -0.25) is 9.59 Å². The number of nitrogens with zero attached hydrogens (tertiary/aromatic N) is 3. The molecule has 0 aliphatic carbocycles. The van der Waals surface area contributed by atoms with E-state index >= 15 is 0 Å². The van der Waals surface area contributed by atoms with E-state index in [9.17, 15) is 9.59 Å². The van der Waals surface area contributed by atoms with E-state index in [2.05, 4.69) is 25.6 Å². The van der Waals surface area contributed by atoms with Crippen molar-refractivity contribution in [3.05, 3.63) is 11.6 Å². The maximum atomic E-state index is 12.0. The highest BCUT2D eigenvalue weighted by molar-refractivity contribution is 5.94. The van der Waals surface area contributed by atoms with Crippen LogP contribution in [0.15, 0.2) is 0 Å². The zero-order chi connectivity index (χ0) is 15.1. The largest absolute Gasteiger partial charge is 0.467 e. The van der Waals surface area contributed by atoms with Crippen molar-refractivity contribution in [2.45, 2.75) is 33.2 Å². The fraction of sp³-hybridized carbons (Fsp3) is 0.583. The molecule has 0 bridgehead atoms. The van der Waals surface area contributed by atoms with Gasteiger partial charge in [0.1, 0.15) is 0 Å². The monoisotopic (exact) mass is 281 g/mol. The fourth-order valence-electron chi connectivity index (χ4n) is 1.28. The topological polar surface area (TPSA) is 106 Å². The average molecular weight is 281 g/mol. The Morgan fingerprint density at radius 2 is 1.75 bits per heavy atom. The number of carbonyl (C=O) groups excluding carboxylic acids is 2. The Bertz CT molecular complexity index is 492. The summed E-state index contributed by atoms with van der Waals surface area (Å²) in [5.74, 6) is -1.23. The van der Waals surface area contributed by atoms with E-state index in [4.69, 9.17) is 4.74 Å². The van der Waals surface area contributed by atoms with Gasteiger partial charge in [-0.2, -0.15) is 15.0 Å². The summed E-state index contributed by atoms with van der Waals surface area (Å²) in [6.45, 7) is 6.01. The summed E-state index contributed by atoms with van der Waals surface area (Å²) >= 11 is 0. The van der Waals surface area contributed by atoms with Crippen molar-refractivity contribution in [1.82, 2.24) is 25.6 Å². The number of rotatable bonds is 6. The molecular formula is C12H19N5O3. The van der Waals surface area contributed by atoms with Crippen LogP contribution >= 0.6 is 0 Å². The third kappa shape index (κ3) is 4.15. The first kappa shape index (κ1) is 15.8. The first-order valence-corrected chi connectivity index (χ1v) is 6.40. The fourth-order valence-corrected chi connectivity index (χ4v) is 1.28. The molecule has 0 radical (unpaired) electrons. The zero-order valence-corrected chi connectivity index (χ0v) is 12.1. The molecule has 0 aliphatic heterocycles. The summed E-state index contributed by atoms with van der Waals surface area (Å²) < 4.78 is 4.88. The van der Waals surface area contributed by atoms with E-state index in [0.29, 0.717) is 6.54 Å². The lowest BCUT2D eigenvalue weighted by Crippen LogP contribution is -2.34. The van der Waals surface area contributed by atoms with Crippen LogP contribution in [-0.4, -0.2) is 46.5 Å². The number of amides is 2. The number of carbonyl (C=O) groups is 2. The van der Waals surface area contributed by atoms with Crippen molar-refractivity contribution in [3.63, 3.8) is 0 Å². The van der Waals surface area contributed by atoms with E-state index in [1.54, 1.807) is 6.92 Å². The molecule has 0 spiro atoms. The van der Waals surface area contributed by atoms with Gasteiger partial charge in [-0.05, 0) is 20.3 Å². The normalized spacial score (nSPS) is 11.6. The number of hydrogen-bond donors (Lipinski definition) is 2. The summed E-state index contributed by atoms with van der Waals surface area (Å²) in [7, 11) is 1.35. The Morgan fingerprint density at radius 3 is 2.25 bits per heavy atom. The smallest absolute Gasteiger partial charge is 0.320 e. The third-order valence-corrected chi connectivity index (χ3v) is 2.53. The minimum Gasteiger partial charge on any atom is -0.467 e. The zero-order valence-electron chi connectivity index (χ0n) is 12.1. The highest BCUT2D eigenvalue weighted by Gasteiger charge is 2.18. The van der Waals surface area contributed by atoms with Gasteiger partial charge in [0.05, 0.1) is 7.11 Å². The van der Waals surface area contributed by atoms with Gasteiger partial charge >= 0.3 is 6.01 Å². The Balaban J connectivity index is 3.04. The van der Waals surface area contributed by atoms with Crippen LogP contribution in [0.3, 0.4) is 0 Å². The number of ether oxygens (including phenoxy) is 1. The Hall–Kier alpha value is -2.25. The van der Waals surface area contributed by atoms with E-state index in [1.165, 1.54) is 7.11 Å². The average Bonchev–Trinajstić information content (AvgIpc) is 2.46. The minimum absolute atomic E-state index is 0.0156. The number of nitrogens with one attached hydrogen (secondary N) is 2. The van der Waals surface area contributed by atoms with Crippen molar-refractivity contribution in [2.75, 3.05) is 13.7 Å². The molecule has 1 aromatic rings. The molecule has 0 aromatic carbocycles. The molecule has 2 N–H and O–H groups in total. The highest BCUT2D eigenvalue weighted by atomic mass is 16.5. The second kappa shape index (κ2) is 7.37. The molecule has 8 heteroatoms. The lowest BCUT2D eigenvalue weighted by molar-refractivity contribution is 0.0924.